The summed E-state index contributed by atoms with van der Waals surface area (Å²) < 4.78 is 10.9. The summed E-state index contributed by atoms with van der Waals surface area (Å²) in [7, 11) is 3.45. The molecule has 0 bridgehead atoms. The monoisotopic (exact) mass is 249 g/mol. The molecule has 0 radical (unpaired) electrons. The average Bonchev–Trinajstić information content (AvgIpc) is 2.46. The lowest BCUT2D eigenvalue weighted by molar-refractivity contribution is 0.386. The normalized spacial score (nSPS) is 16.6. The van der Waals surface area contributed by atoms with E-state index in [-0.39, 0.29) is 0 Å². The Labute approximate surface area is 109 Å². The Hall–Kier alpha value is -1.22. The fraction of sp³-hybridized carbons (Fsp3) is 0.600. The number of hydrogen-bond acceptors (Lipinski definition) is 3. The first-order valence-electron chi connectivity index (χ1n) is 6.75. The van der Waals surface area contributed by atoms with Crippen LogP contribution < -0.4 is 14.8 Å². The number of ether oxygens (including phenoxy) is 2. The summed E-state index contributed by atoms with van der Waals surface area (Å²) in [5, 5.41) is 3.42. The fourth-order valence-corrected chi connectivity index (χ4v) is 2.82. The smallest absolute Gasteiger partial charge is 0.126 e. The molecular weight excluding hydrogens is 226 g/mol. The second kappa shape index (κ2) is 6.10. The van der Waals surface area contributed by atoms with Crippen molar-refractivity contribution in [1.82, 2.24) is 5.32 Å². The van der Waals surface area contributed by atoms with Crippen LogP contribution in [0, 0.1) is 0 Å². The van der Waals surface area contributed by atoms with Gasteiger partial charge in [-0.05, 0) is 55.5 Å². The summed E-state index contributed by atoms with van der Waals surface area (Å²) in [6.45, 7) is 4.40. The molecule has 100 valence electrons. The van der Waals surface area contributed by atoms with Crippen LogP contribution in [-0.2, 0) is 6.42 Å². The minimum Gasteiger partial charge on any atom is -0.497 e. The van der Waals surface area contributed by atoms with Crippen LogP contribution in [0.2, 0.25) is 0 Å². The molecule has 0 saturated carbocycles. The number of rotatable bonds is 4. The van der Waals surface area contributed by atoms with Crippen molar-refractivity contribution in [1.29, 1.82) is 0 Å². The third kappa shape index (κ3) is 2.61. The maximum atomic E-state index is 5.51. The highest BCUT2D eigenvalue weighted by Gasteiger charge is 2.21. The van der Waals surface area contributed by atoms with E-state index < -0.39 is 0 Å². The van der Waals surface area contributed by atoms with Crippen LogP contribution in [0.25, 0.3) is 0 Å². The van der Waals surface area contributed by atoms with Crippen molar-refractivity contribution in [3.8, 4) is 11.5 Å². The van der Waals surface area contributed by atoms with Crippen molar-refractivity contribution in [2.24, 2.45) is 0 Å². The molecule has 1 aliphatic heterocycles. The van der Waals surface area contributed by atoms with Gasteiger partial charge in [-0.2, -0.15) is 0 Å². The quantitative estimate of drug-likeness (QED) is 0.890. The van der Waals surface area contributed by atoms with Crippen molar-refractivity contribution in [3.05, 3.63) is 23.3 Å². The first kappa shape index (κ1) is 13.2. The largest absolute Gasteiger partial charge is 0.497 e. The van der Waals surface area contributed by atoms with Gasteiger partial charge >= 0.3 is 0 Å². The summed E-state index contributed by atoms with van der Waals surface area (Å²) in [5.41, 5.74) is 2.75. The molecule has 1 fully saturated rings. The van der Waals surface area contributed by atoms with Gasteiger partial charge in [0.15, 0.2) is 0 Å². The number of nitrogens with one attached hydrogen (secondary N) is 1. The third-order valence-corrected chi connectivity index (χ3v) is 3.81. The summed E-state index contributed by atoms with van der Waals surface area (Å²) >= 11 is 0. The third-order valence-electron chi connectivity index (χ3n) is 3.81. The number of benzene rings is 1. The van der Waals surface area contributed by atoms with Crippen molar-refractivity contribution in [2.45, 2.75) is 32.1 Å². The summed E-state index contributed by atoms with van der Waals surface area (Å²) in [4.78, 5) is 0. The molecule has 1 saturated heterocycles. The molecule has 1 heterocycles. The van der Waals surface area contributed by atoms with E-state index >= 15 is 0 Å². The zero-order valence-electron chi connectivity index (χ0n) is 11.6. The predicted molar refractivity (Wildman–Crippen MR) is 73.8 cm³/mol. The van der Waals surface area contributed by atoms with Gasteiger partial charge in [-0.25, -0.2) is 0 Å². The molecule has 0 aliphatic carbocycles. The summed E-state index contributed by atoms with van der Waals surface area (Å²) in [6, 6.07) is 4.18. The van der Waals surface area contributed by atoms with Crippen LogP contribution >= 0.6 is 0 Å². The van der Waals surface area contributed by atoms with Crippen molar-refractivity contribution in [3.63, 3.8) is 0 Å². The van der Waals surface area contributed by atoms with Gasteiger partial charge in [0.2, 0.25) is 0 Å². The van der Waals surface area contributed by atoms with E-state index in [2.05, 4.69) is 18.3 Å². The van der Waals surface area contributed by atoms with Crippen LogP contribution in [0.3, 0.4) is 0 Å². The van der Waals surface area contributed by atoms with E-state index in [1.165, 1.54) is 24.0 Å². The van der Waals surface area contributed by atoms with Crippen LogP contribution in [0.4, 0.5) is 0 Å². The molecule has 0 unspecified atom stereocenters. The molecule has 18 heavy (non-hydrogen) atoms. The molecule has 0 amide bonds. The van der Waals surface area contributed by atoms with Crippen LogP contribution in [0.15, 0.2) is 12.1 Å². The molecule has 1 aromatic carbocycles. The van der Waals surface area contributed by atoms with Gasteiger partial charge in [0.25, 0.3) is 0 Å². The maximum Gasteiger partial charge on any atom is 0.126 e. The van der Waals surface area contributed by atoms with E-state index in [1.54, 1.807) is 14.2 Å². The summed E-state index contributed by atoms with van der Waals surface area (Å²) in [6.07, 6.45) is 3.40. The highest BCUT2D eigenvalue weighted by atomic mass is 16.5. The Kier molecular flexibility index (Phi) is 4.48. The lowest BCUT2D eigenvalue weighted by Gasteiger charge is -2.26. The maximum absolute atomic E-state index is 5.51. The minimum atomic E-state index is 0.630. The molecule has 1 aromatic rings. The van der Waals surface area contributed by atoms with E-state index in [0.717, 1.165) is 31.0 Å². The highest BCUT2D eigenvalue weighted by molar-refractivity contribution is 5.48. The topological polar surface area (TPSA) is 30.5 Å². The molecule has 0 atom stereocenters. The van der Waals surface area contributed by atoms with Gasteiger partial charge in [0.05, 0.1) is 14.2 Å². The lowest BCUT2D eigenvalue weighted by atomic mass is 9.86. The lowest BCUT2D eigenvalue weighted by Crippen LogP contribution is -2.27. The Morgan fingerprint density at radius 3 is 2.44 bits per heavy atom. The fourth-order valence-electron chi connectivity index (χ4n) is 2.82. The van der Waals surface area contributed by atoms with Gasteiger partial charge in [0, 0.05) is 6.07 Å². The average molecular weight is 249 g/mol. The number of piperidine rings is 1. The van der Waals surface area contributed by atoms with E-state index in [0.29, 0.717) is 5.92 Å². The standard InChI is InChI=1S/C15H23NO2/c1-4-13-14(11-5-7-16-8-6-11)9-12(17-2)10-15(13)18-3/h9-11,16H,4-8H2,1-3H3. The molecule has 1 N–H and O–H groups in total. The molecular formula is C15H23NO2. The van der Waals surface area contributed by atoms with E-state index in [1.807, 2.05) is 6.07 Å². The SMILES string of the molecule is CCc1c(OC)cc(OC)cc1C1CCNCC1. The highest BCUT2D eigenvalue weighted by Crippen LogP contribution is 2.36. The molecule has 2 rings (SSSR count). The van der Waals surface area contributed by atoms with Gasteiger partial charge in [-0.3, -0.25) is 0 Å². The zero-order chi connectivity index (χ0) is 13.0. The van der Waals surface area contributed by atoms with Gasteiger partial charge < -0.3 is 14.8 Å². The van der Waals surface area contributed by atoms with Gasteiger partial charge in [-0.1, -0.05) is 6.92 Å². The second-order valence-electron chi connectivity index (χ2n) is 4.78. The number of hydrogen-bond donors (Lipinski definition) is 1. The van der Waals surface area contributed by atoms with Gasteiger partial charge in [0.1, 0.15) is 11.5 Å². The summed E-state index contributed by atoms with van der Waals surface area (Å²) in [5.74, 6) is 2.49. The van der Waals surface area contributed by atoms with Crippen LogP contribution in [0.5, 0.6) is 11.5 Å². The molecule has 3 nitrogen and oxygen atoms in total. The predicted octanol–water partition coefficient (Wildman–Crippen LogP) is 2.73. The minimum absolute atomic E-state index is 0.630. The first-order chi connectivity index (χ1) is 8.80. The number of methoxy groups -OCH3 is 2. The Bertz CT molecular complexity index is 398. The molecule has 3 heteroatoms. The van der Waals surface area contributed by atoms with Crippen molar-refractivity contribution in [2.75, 3.05) is 27.3 Å². The Balaban J connectivity index is 2.41. The van der Waals surface area contributed by atoms with Crippen molar-refractivity contribution < 1.29 is 9.47 Å². The van der Waals surface area contributed by atoms with Crippen molar-refractivity contribution >= 4 is 0 Å². The van der Waals surface area contributed by atoms with E-state index in [9.17, 15) is 0 Å². The second-order valence-corrected chi connectivity index (χ2v) is 4.78. The Morgan fingerprint density at radius 1 is 1.17 bits per heavy atom. The van der Waals surface area contributed by atoms with E-state index in [4.69, 9.17) is 9.47 Å². The first-order valence-corrected chi connectivity index (χ1v) is 6.75. The Morgan fingerprint density at radius 2 is 1.89 bits per heavy atom. The molecule has 0 aromatic heterocycles. The molecule has 0 spiro atoms. The zero-order valence-corrected chi connectivity index (χ0v) is 11.6. The van der Waals surface area contributed by atoms with Crippen LogP contribution in [-0.4, -0.2) is 27.3 Å². The van der Waals surface area contributed by atoms with Crippen LogP contribution in [0.1, 0.15) is 36.8 Å². The molecule has 1 aliphatic rings. The van der Waals surface area contributed by atoms with Gasteiger partial charge in [-0.15, -0.1) is 0 Å².